The Kier molecular flexibility index (Phi) is 4.85. The molecule has 0 bridgehead atoms. The minimum Gasteiger partial charge on any atom is -0.0721 e. The molecule has 0 radical (unpaired) electrons. The zero-order chi connectivity index (χ0) is 7.49. The molecule has 0 saturated heterocycles. The summed E-state index contributed by atoms with van der Waals surface area (Å²) in [6, 6.07) is 0. The molecular weight excluding hydrogens is 205 g/mol. The van der Waals surface area contributed by atoms with E-state index in [4.69, 9.17) is 0 Å². The highest BCUT2D eigenvalue weighted by molar-refractivity contribution is 7.74. The molecule has 0 aliphatic carbocycles. The van der Waals surface area contributed by atoms with E-state index < -0.39 is 7.59 Å². The highest BCUT2D eigenvalue weighted by atomic mass is 30.0. The van der Waals surface area contributed by atoms with Crippen molar-refractivity contribution in [3.63, 3.8) is 0 Å². The third-order valence-corrected chi connectivity index (χ3v) is 98.4. The van der Waals surface area contributed by atoms with E-state index in [2.05, 4.69) is 19.6 Å². The second-order valence-corrected chi connectivity index (χ2v) is 57.9. The van der Waals surface area contributed by atoms with E-state index in [0.717, 1.165) is 0 Å². The van der Waals surface area contributed by atoms with Gasteiger partial charge < -0.3 is 0 Å². The van der Waals surface area contributed by atoms with E-state index in [9.17, 15) is 0 Å². The maximum absolute atomic E-state index is 2.62. The van der Waals surface area contributed by atoms with Crippen LogP contribution in [-0.4, -0.2) is 51.6 Å². The molecule has 0 heterocycles. The molecule has 0 N–H and O–H groups in total. The Hall–Kier alpha value is 1.30. The van der Waals surface area contributed by atoms with Crippen molar-refractivity contribution < 1.29 is 0 Å². The van der Waals surface area contributed by atoms with E-state index in [1.54, 1.807) is 19.5 Å². The van der Waals surface area contributed by atoms with Gasteiger partial charge in [-0.3, -0.25) is 0 Å². The van der Waals surface area contributed by atoms with Crippen LogP contribution in [0.5, 0.6) is 0 Å². The van der Waals surface area contributed by atoms with Crippen molar-refractivity contribution in [2.24, 2.45) is 0 Å². The molecule has 0 amide bonds. The van der Waals surface area contributed by atoms with E-state index >= 15 is 0 Å². The van der Waals surface area contributed by atoms with Crippen LogP contribution < -0.4 is 0 Å². The topological polar surface area (TPSA) is 0 Å². The van der Waals surface area contributed by atoms with Crippen LogP contribution in [-0.2, 0) is 0 Å². The lowest BCUT2D eigenvalue weighted by Gasteiger charge is -2.22. The number of hydrogen-bond donors (Lipinski definition) is 0. The van der Waals surface area contributed by atoms with Gasteiger partial charge in [-0.05, 0) is 36.6 Å². The van der Waals surface area contributed by atoms with Gasteiger partial charge in [0.1, 0.15) is 0 Å². The van der Waals surface area contributed by atoms with Gasteiger partial charge in [-0.25, -0.2) is 0 Å². The maximum atomic E-state index is 2.62. The Labute approximate surface area is 71.3 Å². The third kappa shape index (κ3) is 4.67. The Morgan fingerprint density at radius 3 is 1.89 bits per heavy atom. The van der Waals surface area contributed by atoms with Crippen molar-refractivity contribution in [3.8, 4) is 0 Å². The molecule has 0 aromatic carbocycles. The van der Waals surface area contributed by atoms with Gasteiger partial charge in [0, 0.05) is 14.9 Å². The first kappa shape index (κ1) is 10.3. The third-order valence-electron chi connectivity index (χ3n) is 2.20. The van der Waals surface area contributed by atoms with Gasteiger partial charge in [0.2, 0.25) is 0 Å². The summed E-state index contributed by atoms with van der Waals surface area (Å²) >= 11 is 0. The molecule has 1 atom stereocenters. The SMILES string of the molecule is C[Si](C)(C)[SiH]([SiH3])[SiH2][SiH2][SiH3]. The lowest BCUT2D eigenvalue weighted by Crippen LogP contribution is -2.50. The first-order chi connectivity index (χ1) is 3.98. The first-order valence-electron chi connectivity index (χ1n) is 3.98. The molecule has 0 aliphatic heterocycles. The predicted molar refractivity (Wildman–Crippen MR) is 67.5 cm³/mol. The van der Waals surface area contributed by atoms with E-state index in [1.165, 1.54) is 0 Å². The smallest absolute Gasteiger partial charge is 0.0281 e. The average Bonchev–Trinajstić information content (AvgIpc) is 1.64. The Morgan fingerprint density at radius 1 is 1.33 bits per heavy atom. The first-order valence-corrected chi connectivity index (χ1v) is 26.8. The van der Waals surface area contributed by atoms with Crippen LogP contribution in [0, 0.1) is 0 Å². The van der Waals surface area contributed by atoms with Crippen molar-refractivity contribution in [1.29, 1.82) is 0 Å². The van der Waals surface area contributed by atoms with Gasteiger partial charge in [0.15, 0.2) is 0 Å². The van der Waals surface area contributed by atoms with Gasteiger partial charge >= 0.3 is 0 Å². The zero-order valence-electron chi connectivity index (χ0n) is 7.49. The molecule has 0 nitrogen and oxygen atoms in total. The molecule has 0 fully saturated rings. The van der Waals surface area contributed by atoms with Crippen molar-refractivity contribution in [2.45, 2.75) is 19.6 Å². The lowest BCUT2D eigenvalue weighted by molar-refractivity contribution is 1.86. The van der Waals surface area contributed by atoms with E-state index in [0.29, 0.717) is 17.1 Å². The number of hydrogen-bond acceptors (Lipinski definition) is 0. The minimum atomic E-state index is -0.462. The number of rotatable bonds is 3. The summed E-state index contributed by atoms with van der Waals surface area (Å²) < 4.78 is 0. The molecule has 6 heteroatoms. The summed E-state index contributed by atoms with van der Waals surface area (Å²) in [5.74, 6) is 0. The van der Waals surface area contributed by atoms with Crippen LogP contribution in [0.3, 0.4) is 0 Å². The Bertz CT molecular complexity index is 74.9. The van der Waals surface area contributed by atoms with Gasteiger partial charge in [0.05, 0.1) is 0 Å². The molecular formula is C3H20Si6. The van der Waals surface area contributed by atoms with Crippen LogP contribution in [0.2, 0.25) is 19.6 Å². The van der Waals surface area contributed by atoms with Gasteiger partial charge in [-0.15, -0.1) is 0 Å². The Morgan fingerprint density at radius 2 is 1.78 bits per heavy atom. The molecule has 1 unspecified atom stereocenters. The standard InChI is InChI=1S/C3H20Si6/c1-9(2,3)8(5)7-6-4/h8H,6-7H2,1-5H3. The molecule has 0 aromatic heterocycles. The highest BCUT2D eigenvalue weighted by Crippen LogP contribution is 2.00. The summed E-state index contributed by atoms with van der Waals surface area (Å²) in [6.07, 6.45) is 0. The van der Waals surface area contributed by atoms with Gasteiger partial charge in [-0.1, -0.05) is 19.6 Å². The van der Waals surface area contributed by atoms with Crippen molar-refractivity contribution in [3.05, 3.63) is 0 Å². The molecule has 0 spiro atoms. The van der Waals surface area contributed by atoms with Gasteiger partial charge in [-0.2, -0.15) is 0 Å². The molecule has 0 rings (SSSR count). The van der Waals surface area contributed by atoms with Crippen LogP contribution in [0.25, 0.3) is 0 Å². The van der Waals surface area contributed by atoms with Crippen molar-refractivity contribution in [1.82, 2.24) is 0 Å². The van der Waals surface area contributed by atoms with Crippen molar-refractivity contribution in [2.75, 3.05) is 0 Å². The summed E-state index contributed by atoms with van der Waals surface area (Å²) in [7, 11) is 4.39. The summed E-state index contributed by atoms with van der Waals surface area (Å²) in [5, 5.41) is 0. The summed E-state index contributed by atoms with van der Waals surface area (Å²) in [4.78, 5) is 0. The van der Waals surface area contributed by atoms with Crippen molar-refractivity contribution >= 4 is 51.6 Å². The molecule has 0 aliphatic rings. The van der Waals surface area contributed by atoms with Gasteiger partial charge in [0.25, 0.3) is 0 Å². The molecule has 0 aromatic rings. The quantitative estimate of drug-likeness (QED) is 0.437. The predicted octanol–water partition coefficient (Wildman–Crippen LogP) is -3.48. The fraction of sp³-hybridized carbons (Fsp3) is 1.00. The largest absolute Gasteiger partial charge is 0.0721 e. The van der Waals surface area contributed by atoms with E-state index in [-0.39, 0.29) is 7.35 Å². The fourth-order valence-corrected chi connectivity index (χ4v) is 140. The lowest BCUT2D eigenvalue weighted by atomic mass is 11.8. The molecule has 9 heavy (non-hydrogen) atoms. The van der Waals surface area contributed by atoms with Crippen LogP contribution in [0.4, 0.5) is 0 Å². The normalized spacial score (nSPS) is 19.0. The Balaban J connectivity index is 3.59. The zero-order valence-corrected chi connectivity index (χ0v) is 16.5. The maximum Gasteiger partial charge on any atom is 0.0281 e. The van der Waals surface area contributed by atoms with E-state index in [1.807, 2.05) is 0 Å². The second-order valence-electron chi connectivity index (χ2n) is 4.06. The second kappa shape index (κ2) is 4.24. The average molecular weight is 225 g/mol. The minimum absolute atomic E-state index is 0.123. The summed E-state index contributed by atoms with van der Waals surface area (Å²) in [5.41, 5.74) is 0. The van der Waals surface area contributed by atoms with Crippen LogP contribution in [0.15, 0.2) is 0 Å². The van der Waals surface area contributed by atoms with Crippen LogP contribution >= 0.6 is 0 Å². The highest BCUT2D eigenvalue weighted by Gasteiger charge is 2.21. The fourth-order valence-electron chi connectivity index (χ4n) is 0.866. The molecule has 0 saturated carbocycles. The van der Waals surface area contributed by atoms with Crippen LogP contribution in [0.1, 0.15) is 0 Å². The summed E-state index contributed by atoms with van der Waals surface area (Å²) in [6.45, 7) is 7.86. The molecule has 56 valence electrons. The monoisotopic (exact) mass is 224 g/mol.